The molecule has 3 heterocycles. The second-order valence-corrected chi connectivity index (χ2v) is 7.21. The van der Waals surface area contributed by atoms with Crippen LogP contribution in [0.5, 0.6) is 0 Å². The molecule has 1 unspecified atom stereocenters. The molecule has 4 rings (SSSR count). The van der Waals surface area contributed by atoms with Gasteiger partial charge in [-0.15, -0.1) is 10.2 Å². The van der Waals surface area contributed by atoms with Crippen LogP contribution < -0.4 is 0 Å². The van der Waals surface area contributed by atoms with Crippen LogP contribution in [0.2, 0.25) is 5.02 Å². The first-order chi connectivity index (χ1) is 13.3. The van der Waals surface area contributed by atoms with Gasteiger partial charge < -0.3 is 14.0 Å². The lowest BCUT2D eigenvalue weighted by Gasteiger charge is -2.18. The number of hydrogen-bond donors (Lipinski definition) is 0. The summed E-state index contributed by atoms with van der Waals surface area (Å²) < 4.78 is 13.0. The van der Waals surface area contributed by atoms with Crippen molar-refractivity contribution in [3.63, 3.8) is 0 Å². The van der Waals surface area contributed by atoms with Crippen LogP contribution in [0.3, 0.4) is 0 Å². The maximum atomic E-state index is 6.45. The maximum Gasteiger partial charge on any atom is 0.229 e. The molecular formula is C19H17ClN4O2S. The van der Waals surface area contributed by atoms with Crippen LogP contribution in [0.25, 0.3) is 11.5 Å². The van der Waals surface area contributed by atoms with E-state index in [1.807, 2.05) is 47.0 Å². The lowest BCUT2D eigenvalue weighted by Crippen LogP contribution is -2.05. The Hall–Kier alpha value is -2.51. The molecule has 0 amide bonds. The van der Waals surface area contributed by atoms with E-state index in [9.17, 15) is 0 Å². The van der Waals surface area contributed by atoms with E-state index in [2.05, 4.69) is 22.1 Å². The fourth-order valence-electron chi connectivity index (χ4n) is 2.80. The average Bonchev–Trinajstić information content (AvgIpc) is 3.37. The van der Waals surface area contributed by atoms with E-state index in [-0.39, 0.29) is 12.0 Å². The summed E-state index contributed by atoms with van der Waals surface area (Å²) in [6.07, 6.45) is 3.38. The highest BCUT2D eigenvalue weighted by Gasteiger charge is 2.28. The summed E-state index contributed by atoms with van der Waals surface area (Å²) in [5, 5.41) is 10.00. The number of pyridine rings is 1. The highest BCUT2D eigenvalue weighted by molar-refractivity contribution is 7.99. The molecule has 3 aromatic rings. The van der Waals surface area contributed by atoms with E-state index in [4.69, 9.17) is 21.1 Å². The van der Waals surface area contributed by atoms with Gasteiger partial charge in [-0.3, -0.25) is 4.98 Å². The van der Waals surface area contributed by atoms with Crippen molar-refractivity contribution in [1.82, 2.24) is 19.7 Å². The molecule has 1 atom stereocenters. The van der Waals surface area contributed by atoms with Crippen molar-refractivity contribution in [2.24, 2.45) is 0 Å². The van der Waals surface area contributed by atoms with Crippen molar-refractivity contribution in [2.75, 3.05) is 6.79 Å². The third-order valence-electron chi connectivity index (χ3n) is 4.09. The number of hydrogen-bond acceptors (Lipinski definition) is 6. The van der Waals surface area contributed by atoms with Crippen LogP contribution in [0, 0.1) is 0 Å². The van der Waals surface area contributed by atoms with Crippen LogP contribution in [-0.4, -0.2) is 26.5 Å². The molecule has 27 heavy (non-hydrogen) atoms. The van der Waals surface area contributed by atoms with Gasteiger partial charge >= 0.3 is 0 Å². The minimum Gasteiger partial charge on any atom is -0.462 e. The molecule has 2 aromatic heterocycles. The van der Waals surface area contributed by atoms with E-state index < -0.39 is 0 Å². The van der Waals surface area contributed by atoms with Gasteiger partial charge in [-0.2, -0.15) is 0 Å². The quantitative estimate of drug-likeness (QED) is 0.559. The van der Waals surface area contributed by atoms with Crippen LogP contribution in [-0.2, 0) is 16.0 Å². The smallest absolute Gasteiger partial charge is 0.229 e. The largest absolute Gasteiger partial charge is 0.462 e. The number of halogens is 1. The van der Waals surface area contributed by atoms with E-state index in [0.29, 0.717) is 17.3 Å². The van der Waals surface area contributed by atoms with Crippen molar-refractivity contribution in [3.05, 3.63) is 71.3 Å². The fourth-order valence-corrected chi connectivity index (χ4v) is 4.33. The van der Waals surface area contributed by atoms with Crippen LogP contribution in [0.15, 0.2) is 65.8 Å². The summed E-state index contributed by atoms with van der Waals surface area (Å²) in [5.74, 6) is 1.44. The van der Waals surface area contributed by atoms with Crippen molar-refractivity contribution in [2.45, 2.75) is 23.9 Å². The average molecular weight is 401 g/mol. The number of benzene rings is 1. The van der Waals surface area contributed by atoms with E-state index in [0.717, 1.165) is 22.2 Å². The van der Waals surface area contributed by atoms with E-state index in [1.165, 1.54) is 11.8 Å². The monoisotopic (exact) mass is 400 g/mol. The Kier molecular flexibility index (Phi) is 5.31. The molecule has 1 aromatic carbocycles. The zero-order valence-electron chi connectivity index (χ0n) is 14.6. The summed E-state index contributed by atoms with van der Waals surface area (Å²) in [6, 6.07) is 13.4. The minimum absolute atomic E-state index is 0.188. The lowest BCUT2D eigenvalue weighted by molar-refractivity contribution is 0.0787. The van der Waals surface area contributed by atoms with Crippen LogP contribution in [0.1, 0.15) is 17.7 Å². The number of ether oxygens (including phenoxy) is 2. The highest BCUT2D eigenvalue weighted by Crippen LogP contribution is 2.44. The van der Waals surface area contributed by atoms with Gasteiger partial charge in [0, 0.05) is 17.8 Å². The summed E-state index contributed by atoms with van der Waals surface area (Å²) in [4.78, 5) is 4.39. The first kappa shape index (κ1) is 17.9. The molecule has 0 N–H and O–H groups in total. The second kappa shape index (κ2) is 8.02. The third kappa shape index (κ3) is 3.65. The second-order valence-electron chi connectivity index (χ2n) is 5.73. The topological polar surface area (TPSA) is 62.1 Å². The Bertz CT molecular complexity index is 961. The molecule has 1 aliphatic rings. The van der Waals surface area contributed by atoms with Crippen molar-refractivity contribution >= 4 is 23.4 Å². The first-order valence-electron chi connectivity index (χ1n) is 8.48. The first-order valence-corrected chi connectivity index (χ1v) is 9.74. The predicted molar refractivity (Wildman–Crippen MR) is 104 cm³/mol. The Balaban J connectivity index is 1.72. The molecule has 0 saturated carbocycles. The van der Waals surface area contributed by atoms with Crippen molar-refractivity contribution < 1.29 is 9.47 Å². The van der Waals surface area contributed by atoms with Gasteiger partial charge in [0.15, 0.2) is 16.7 Å². The third-order valence-corrected chi connectivity index (χ3v) is 5.67. The molecule has 0 fully saturated rings. The number of rotatable bonds is 6. The van der Waals surface area contributed by atoms with Crippen molar-refractivity contribution in [3.8, 4) is 11.5 Å². The van der Waals surface area contributed by atoms with Gasteiger partial charge in [0.2, 0.25) is 6.79 Å². The van der Waals surface area contributed by atoms with Crippen LogP contribution in [0.4, 0.5) is 0 Å². The zero-order chi connectivity index (χ0) is 18.6. The standard InChI is InChI=1S/C19H17ClN4O2S/c1-2-24-18(15-9-5-6-10-21-15)22-23-19(24)27-17(16-11-25-12-26-16)13-7-3-4-8-14(13)20/h3-11,17H,2,12H2,1H3. The summed E-state index contributed by atoms with van der Waals surface area (Å²) in [6.45, 7) is 2.97. The summed E-state index contributed by atoms with van der Waals surface area (Å²) in [7, 11) is 0. The number of aromatic nitrogens is 4. The van der Waals surface area contributed by atoms with E-state index >= 15 is 0 Å². The normalized spacial score (nSPS) is 14.4. The molecule has 8 heteroatoms. The van der Waals surface area contributed by atoms with Gasteiger partial charge in [-0.1, -0.05) is 47.6 Å². The maximum absolute atomic E-state index is 6.45. The molecule has 0 spiro atoms. The SMILES string of the molecule is CCn1c(SC(C2=COCO2)c2ccccc2Cl)nnc1-c1ccccn1. The highest BCUT2D eigenvalue weighted by atomic mass is 35.5. The summed E-state index contributed by atoms with van der Waals surface area (Å²) >= 11 is 7.97. The predicted octanol–water partition coefficient (Wildman–Crippen LogP) is 4.69. The Morgan fingerprint density at radius 2 is 2.04 bits per heavy atom. The van der Waals surface area contributed by atoms with Gasteiger partial charge in [0.25, 0.3) is 0 Å². The molecular weight excluding hydrogens is 384 g/mol. The Morgan fingerprint density at radius 1 is 1.19 bits per heavy atom. The minimum atomic E-state index is -0.188. The molecule has 6 nitrogen and oxygen atoms in total. The van der Waals surface area contributed by atoms with Crippen molar-refractivity contribution in [1.29, 1.82) is 0 Å². The molecule has 1 aliphatic heterocycles. The Morgan fingerprint density at radius 3 is 2.74 bits per heavy atom. The lowest BCUT2D eigenvalue weighted by atomic mass is 10.1. The molecule has 138 valence electrons. The molecule has 0 radical (unpaired) electrons. The van der Waals surface area contributed by atoms with Gasteiger partial charge in [-0.25, -0.2) is 0 Å². The van der Waals surface area contributed by atoms with Gasteiger partial charge in [-0.05, 0) is 30.7 Å². The summed E-state index contributed by atoms with van der Waals surface area (Å²) in [5.41, 5.74) is 1.72. The van der Waals surface area contributed by atoms with E-state index in [1.54, 1.807) is 12.5 Å². The Labute approximate surface area is 166 Å². The van der Waals surface area contributed by atoms with Gasteiger partial charge in [0.05, 0.1) is 5.25 Å². The number of thioether (sulfide) groups is 1. The van der Waals surface area contributed by atoms with Crippen LogP contribution >= 0.6 is 23.4 Å². The zero-order valence-corrected chi connectivity index (χ0v) is 16.2. The fraction of sp³-hybridized carbons (Fsp3) is 0.211. The molecule has 0 bridgehead atoms. The molecule has 0 aliphatic carbocycles. The molecule has 0 saturated heterocycles. The number of nitrogens with zero attached hydrogens (tertiary/aromatic N) is 4. The van der Waals surface area contributed by atoms with Gasteiger partial charge in [0.1, 0.15) is 12.0 Å².